The van der Waals surface area contributed by atoms with E-state index in [2.05, 4.69) is 39.1 Å². The summed E-state index contributed by atoms with van der Waals surface area (Å²) < 4.78 is 5.81. The van der Waals surface area contributed by atoms with Crippen LogP contribution in [-0.2, 0) is 13.0 Å². The Morgan fingerprint density at radius 3 is 2.32 bits per heavy atom. The van der Waals surface area contributed by atoms with Crippen molar-refractivity contribution in [2.45, 2.75) is 32.8 Å². The second kappa shape index (κ2) is 9.60. The molecule has 0 amide bonds. The van der Waals surface area contributed by atoms with E-state index in [1.807, 2.05) is 36.4 Å². The van der Waals surface area contributed by atoms with Crippen LogP contribution < -0.4 is 9.64 Å². The molecule has 3 aromatic rings. The summed E-state index contributed by atoms with van der Waals surface area (Å²) in [5.41, 5.74) is 2.73. The first-order valence-corrected chi connectivity index (χ1v) is 10.7. The van der Waals surface area contributed by atoms with Crippen LogP contribution in [0, 0.1) is 12.8 Å². The topological polar surface area (TPSA) is 75.6 Å². The molecule has 1 saturated heterocycles. The summed E-state index contributed by atoms with van der Waals surface area (Å²) in [6.45, 7) is 4.04. The number of ether oxygens (including phenoxy) is 1. The van der Waals surface area contributed by atoms with Gasteiger partial charge in [-0.3, -0.25) is 0 Å². The van der Waals surface area contributed by atoms with Crippen molar-refractivity contribution in [2.24, 2.45) is 5.92 Å². The van der Waals surface area contributed by atoms with Gasteiger partial charge in [-0.05, 0) is 43.4 Å². The summed E-state index contributed by atoms with van der Waals surface area (Å²) in [6, 6.07) is 20.1. The molecule has 2 heterocycles. The molecule has 1 aliphatic heterocycles. The number of hydrogen-bond acceptors (Lipinski definition) is 5. The molecule has 0 radical (unpaired) electrons. The van der Waals surface area contributed by atoms with Gasteiger partial charge in [0.1, 0.15) is 12.4 Å². The molecule has 1 aliphatic rings. The maximum atomic E-state index is 11.9. The van der Waals surface area contributed by atoms with Crippen LogP contribution in [-0.4, -0.2) is 34.1 Å². The fraction of sp³-hybridized carbons (Fsp3) is 0.320. The molecule has 0 spiro atoms. The molecule has 160 valence electrons. The normalized spacial score (nSPS) is 14.4. The first-order chi connectivity index (χ1) is 15.1. The standard InChI is InChI=1S/C25H27N3O3/c1-18-24(31-17-20-8-4-2-5-9-20)23(25(29)30)27-22(26-18)16-19-12-14-28(15-13-19)21-10-6-3-7-11-21/h2-11,19H,12-17H2,1H3,(H,29,30). The van der Waals surface area contributed by atoms with E-state index in [-0.39, 0.29) is 18.1 Å². The highest BCUT2D eigenvalue weighted by atomic mass is 16.5. The molecule has 0 aliphatic carbocycles. The molecule has 2 aromatic carbocycles. The molecule has 1 aromatic heterocycles. The number of rotatable bonds is 7. The van der Waals surface area contributed by atoms with Crippen LogP contribution in [0.3, 0.4) is 0 Å². The molecule has 0 unspecified atom stereocenters. The van der Waals surface area contributed by atoms with Crippen LogP contribution in [0.5, 0.6) is 5.75 Å². The summed E-state index contributed by atoms with van der Waals surface area (Å²) in [7, 11) is 0. The van der Waals surface area contributed by atoms with Crippen molar-refractivity contribution in [3.8, 4) is 5.75 Å². The average Bonchev–Trinajstić information content (AvgIpc) is 2.80. The number of para-hydroxylation sites is 1. The van der Waals surface area contributed by atoms with Gasteiger partial charge in [-0.25, -0.2) is 14.8 Å². The number of piperidine rings is 1. The number of carboxylic acids is 1. The van der Waals surface area contributed by atoms with E-state index >= 15 is 0 Å². The van der Waals surface area contributed by atoms with Crippen LogP contribution in [0.4, 0.5) is 5.69 Å². The minimum absolute atomic E-state index is 0.0554. The maximum absolute atomic E-state index is 11.9. The third-order valence-corrected chi connectivity index (χ3v) is 5.72. The van der Waals surface area contributed by atoms with Gasteiger partial charge in [-0.15, -0.1) is 0 Å². The molecule has 6 nitrogen and oxygen atoms in total. The lowest BCUT2D eigenvalue weighted by Gasteiger charge is -2.33. The Morgan fingerprint density at radius 1 is 1.03 bits per heavy atom. The second-order valence-electron chi connectivity index (χ2n) is 7.95. The van der Waals surface area contributed by atoms with Crippen molar-refractivity contribution in [1.29, 1.82) is 0 Å². The lowest BCUT2D eigenvalue weighted by molar-refractivity contribution is 0.0683. The highest BCUT2D eigenvalue weighted by Crippen LogP contribution is 2.27. The largest absolute Gasteiger partial charge is 0.484 e. The number of carbonyl (C=O) groups is 1. The van der Waals surface area contributed by atoms with Gasteiger partial charge >= 0.3 is 5.97 Å². The fourth-order valence-corrected chi connectivity index (χ4v) is 4.05. The summed E-state index contributed by atoms with van der Waals surface area (Å²) in [6.07, 6.45) is 2.75. The van der Waals surface area contributed by atoms with E-state index in [1.54, 1.807) is 6.92 Å². The van der Waals surface area contributed by atoms with Gasteiger partial charge in [0.15, 0.2) is 11.4 Å². The van der Waals surface area contributed by atoms with Gasteiger partial charge in [-0.1, -0.05) is 48.5 Å². The molecule has 4 rings (SSSR count). The number of nitrogens with zero attached hydrogens (tertiary/aromatic N) is 3. The Balaban J connectivity index is 1.42. The minimum atomic E-state index is -1.09. The van der Waals surface area contributed by atoms with E-state index in [0.29, 0.717) is 23.9 Å². The molecule has 1 fully saturated rings. The van der Waals surface area contributed by atoms with Crippen molar-refractivity contribution < 1.29 is 14.6 Å². The van der Waals surface area contributed by atoms with Crippen LogP contribution >= 0.6 is 0 Å². The number of benzene rings is 2. The van der Waals surface area contributed by atoms with Gasteiger partial charge in [0, 0.05) is 25.2 Å². The van der Waals surface area contributed by atoms with Crippen LogP contribution in [0.1, 0.15) is 40.4 Å². The summed E-state index contributed by atoms with van der Waals surface area (Å²) >= 11 is 0. The van der Waals surface area contributed by atoms with Crippen LogP contribution in [0.2, 0.25) is 0 Å². The van der Waals surface area contributed by atoms with E-state index in [1.165, 1.54) is 5.69 Å². The Morgan fingerprint density at radius 2 is 1.68 bits per heavy atom. The van der Waals surface area contributed by atoms with Crippen molar-refractivity contribution in [3.63, 3.8) is 0 Å². The first kappa shape index (κ1) is 20.8. The quantitative estimate of drug-likeness (QED) is 0.609. The summed E-state index contributed by atoms with van der Waals surface area (Å²) in [5, 5.41) is 9.70. The van der Waals surface area contributed by atoms with Gasteiger partial charge in [0.05, 0.1) is 5.69 Å². The number of aromatic carboxylic acids is 1. The van der Waals surface area contributed by atoms with E-state index in [0.717, 1.165) is 31.5 Å². The third kappa shape index (κ3) is 5.20. The predicted molar refractivity (Wildman–Crippen MR) is 120 cm³/mol. The minimum Gasteiger partial charge on any atom is -0.484 e. The molecular weight excluding hydrogens is 390 g/mol. The molecule has 1 N–H and O–H groups in total. The summed E-state index contributed by atoms with van der Waals surface area (Å²) in [4.78, 5) is 23.2. The second-order valence-corrected chi connectivity index (χ2v) is 7.95. The van der Waals surface area contributed by atoms with Crippen molar-refractivity contribution >= 4 is 11.7 Å². The zero-order chi connectivity index (χ0) is 21.6. The third-order valence-electron chi connectivity index (χ3n) is 5.72. The lowest BCUT2D eigenvalue weighted by Crippen LogP contribution is -2.34. The zero-order valence-corrected chi connectivity index (χ0v) is 17.7. The van der Waals surface area contributed by atoms with E-state index in [4.69, 9.17) is 4.74 Å². The lowest BCUT2D eigenvalue weighted by atomic mass is 9.93. The Kier molecular flexibility index (Phi) is 6.46. The maximum Gasteiger partial charge on any atom is 0.358 e. The van der Waals surface area contributed by atoms with Crippen molar-refractivity contribution in [2.75, 3.05) is 18.0 Å². The fourth-order valence-electron chi connectivity index (χ4n) is 4.05. The molecular formula is C25H27N3O3. The van der Waals surface area contributed by atoms with Crippen LogP contribution in [0.25, 0.3) is 0 Å². The first-order valence-electron chi connectivity index (χ1n) is 10.7. The molecule has 0 atom stereocenters. The Bertz CT molecular complexity index is 1020. The van der Waals surface area contributed by atoms with E-state index in [9.17, 15) is 9.90 Å². The Labute approximate surface area is 182 Å². The highest BCUT2D eigenvalue weighted by Gasteiger charge is 2.24. The van der Waals surface area contributed by atoms with E-state index < -0.39 is 5.97 Å². The molecule has 0 bridgehead atoms. The van der Waals surface area contributed by atoms with Gasteiger partial charge in [-0.2, -0.15) is 0 Å². The van der Waals surface area contributed by atoms with Crippen LogP contribution in [0.15, 0.2) is 60.7 Å². The van der Waals surface area contributed by atoms with Gasteiger partial charge in [0.2, 0.25) is 0 Å². The highest BCUT2D eigenvalue weighted by molar-refractivity contribution is 5.88. The van der Waals surface area contributed by atoms with Crippen molar-refractivity contribution in [3.05, 3.63) is 83.4 Å². The smallest absolute Gasteiger partial charge is 0.358 e. The Hall–Kier alpha value is -3.41. The van der Waals surface area contributed by atoms with Gasteiger partial charge in [0.25, 0.3) is 0 Å². The molecule has 0 saturated carbocycles. The number of hydrogen-bond donors (Lipinski definition) is 1. The number of carboxylic acid groups (broad SMARTS) is 1. The monoisotopic (exact) mass is 417 g/mol. The number of aryl methyl sites for hydroxylation is 1. The molecule has 6 heteroatoms. The number of anilines is 1. The number of aromatic nitrogens is 2. The predicted octanol–water partition coefficient (Wildman–Crippen LogP) is 4.52. The van der Waals surface area contributed by atoms with Gasteiger partial charge < -0.3 is 14.7 Å². The van der Waals surface area contributed by atoms with Crippen molar-refractivity contribution in [1.82, 2.24) is 9.97 Å². The summed E-state index contributed by atoms with van der Waals surface area (Å²) in [5.74, 6) is 0.185. The average molecular weight is 418 g/mol. The zero-order valence-electron chi connectivity index (χ0n) is 17.7. The molecule has 31 heavy (non-hydrogen) atoms. The SMILES string of the molecule is Cc1nc(CC2CCN(c3ccccc3)CC2)nc(C(=O)O)c1OCc1ccccc1.